The van der Waals surface area contributed by atoms with E-state index in [0.717, 1.165) is 11.5 Å². The van der Waals surface area contributed by atoms with Gasteiger partial charge in [-0.3, -0.25) is 0 Å². The molecule has 0 aliphatic heterocycles. The zero-order valence-electron chi connectivity index (χ0n) is 28.1. The largest absolute Gasteiger partial charge is 0.179 e. The molecule has 254 valence electrons. The third-order valence-electron chi connectivity index (χ3n) is 7.15. The van der Waals surface area contributed by atoms with E-state index in [1.165, 1.54) is 110 Å². The second kappa shape index (κ2) is 19.8. The highest BCUT2D eigenvalue weighted by Crippen LogP contribution is 2.54. The van der Waals surface area contributed by atoms with Crippen LogP contribution in [0.3, 0.4) is 0 Å². The maximum Gasteiger partial charge on any atom is 0.0596 e. The van der Waals surface area contributed by atoms with Gasteiger partial charge in [-0.2, -0.15) is 25.3 Å². The van der Waals surface area contributed by atoms with E-state index in [1.54, 1.807) is 0 Å². The predicted octanol–water partition coefficient (Wildman–Crippen LogP) is 15.4. The van der Waals surface area contributed by atoms with Crippen LogP contribution in [0.1, 0.15) is 25.7 Å². The van der Waals surface area contributed by atoms with Crippen LogP contribution in [0.4, 0.5) is 0 Å². The minimum atomic E-state index is -1.11. The number of rotatable bonds is 21. The Morgan fingerprint density at radius 2 is 0.913 bits per heavy atom. The molecule has 4 heterocycles. The van der Waals surface area contributed by atoms with Crippen molar-refractivity contribution in [1.29, 1.82) is 0 Å². The second-order valence-corrected chi connectivity index (χ2v) is 34.3. The molecule has 0 bridgehead atoms. The summed E-state index contributed by atoms with van der Waals surface area (Å²) in [4.78, 5) is 14.7. The van der Waals surface area contributed by atoms with Crippen LogP contribution >= 0.6 is 118 Å². The van der Waals surface area contributed by atoms with Gasteiger partial charge in [0, 0.05) is 45.5 Å². The van der Waals surface area contributed by atoms with Crippen molar-refractivity contribution in [3.05, 3.63) is 35.0 Å². The molecule has 0 fully saturated rings. The van der Waals surface area contributed by atoms with Crippen LogP contribution < -0.4 is 0 Å². The molecule has 0 radical (unpaired) electrons. The molecule has 0 amide bonds. The summed E-state index contributed by atoms with van der Waals surface area (Å²) < 4.78 is 0. The van der Waals surface area contributed by atoms with Gasteiger partial charge in [0.05, 0.1) is 19.5 Å². The Morgan fingerprint density at radius 3 is 1.28 bits per heavy atom. The smallest absolute Gasteiger partial charge is 0.0596 e. The molecule has 0 aliphatic carbocycles. The number of hydrogen-bond acceptors (Lipinski definition) is 10. The summed E-state index contributed by atoms with van der Waals surface area (Å²) in [6.07, 6.45) is 4.83. The standard InChI is InChI=1S/C34H50S10Si2/c1-45(2,3)21-19-39-27-23-29(31-25(11-17-41-31)37-15-9-7-13-35)43-33(27)34-28(40-20-22-46(4,5)6)24-30(44-34)32-26(12-18-42-32)38-16-10-8-14-36/h11-12,17-18,23-24,35-36H,7-10,13-16,19-22H2,1-6H3. The molecule has 46 heavy (non-hydrogen) atoms. The number of thiophene rings is 4. The molecular weight excluding hydrogens is 785 g/mol. The Hall–Kier alpha value is 1.33. The molecule has 4 aromatic heterocycles. The van der Waals surface area contributed by atoms with Crippen molar-refractivity contribution in [2.75, 3.05) is 34.5 Å². The Labute approximate surface area is 325 Å². The van der Waals surface area contributed by atoms with Crippen LogP contribution in [0.5, 0.6) is 0 Å². The van der Waals surface area contributed by atoms with Gasteiger partial charge in [0.15, 0.2) is 0 Å². The van der Waals surface area contributed by atoms with Gasteiger partial charge in [-0.15, -0.1) is 92.4 Å². The Balaban J connectivity index is 1.73. The molecule has 0 unspecified atom stereocenters. The third kappa shape index (κ3) is 12.8. The molecule has 0 atom stereocenters. The van der Waals surface area contributed by atoms with E-state index in [0.29, 0.717) is 0 Å². The highest BCUT2D eigenvalue weighted by Gasteiger charge is 2.24. The lowest BCUT2D eigenvalue weighted by molar-refractivity contribution is 0.910. The van der Waals surface area contributed by atoms with Crippen molar-refractivity contribution in [3.63, 3.8) is 0 Å². The van der Waals surface area contributed by atoms with Gasteiger partial charge in [0.2, 0.25) is 0 Å². The molecule has 0 saturated heterocycles. The number of unbranched alkanes of at least 4 members (excludes halogenated alkanes) is 2. The number of thiol groups is 2. The Kier molecular flexibility index (Phi) is 17.3. The quantitative estimate of drug-likeness (QED) is 0.0371. The first-order valence-corrected chi connectivity index (χ1v) is 32.2. The molecule has 0 aromatic carbocycles. The number of hydrogen-bond donors (Lipinski definition) is 2. The number of thioether (sulfide) groups is 4. The molecule has 0 nitrogen and oxygen atoms in total. The average Bonchev–Trinajstić information content (AvgIpc) is 3.78. The molecule has 4 aromatic rings. The van der Waals surface area contributed by atoms with Crippen molar-refractivity contribution in [2.24, 2.45) is 0 Å². The lowest BCUT2D eigenvalue weighted by atomic mass is 10.3. The maximum atomic E-state index is 4.43. The van der Waals surface area contributed by atoms with Gasteiger partial charge in [0.25, 0.3) is 0 Å². The van der Waals surface area contributed by atoms with E-state index < -0.39 is 16.1 Å². The third-order valence-corrected chi connectivity index (χ3v) is 21.5. The molecular formula is C34H50S10Si2. The zero-order valence-corrected chi connectivity index (χ0v) is 38.4. The molecule has 0 saturated carbocycles. The van der Waals surface area contributed by atoms with Gasteiger partial charge in [-0.1, -0.05) is 39.3 Å². The van der Waals surface area contributed by atoms with Crippen LogP contribution in [0.15, 0.2) is 54.6 Å². The maximum absolute atomic E-state index is 4.43. The second-order valence-electron chi connectivity index (χ2n) is 13.7. The van der Waals surface area contributed by atoms with Gasteiger partial charge in [0.1, 0.15) is 0 Å². The highest BCUT2D eigenvalue weighted by molar-refractivity contribution is 8.00. The van der Waals surface area contributed by atoms with Crippen LogP contribution in [0, 0.1) is 0 Å². The molecule has 12 heteroatoms. The molecule has 0 N–H and O–H groups in total. The highest BCUT2D eigenvalue weighted by atomic mass is 32.2. The van der Waals surface area contributed by atoms with Gasteiger partial charge in [-0.25, -0.2) is 0 Å². The Morgan fingerprint density at radius 1 is 0.522 bits per heavy atom. The fourth-order valence-electron chi connectivity index (χ4n) is 4.41. The summed E-state index contributed by atoms with van der Waals surface area (Å²) in [6.45, 7) is 15.0. The Bertz CT molecular complexity index is 1360. The average molecular weight is 836 g/mol. The summed E-state index contributed by atoms with van der Waals surface area (Å²) in [5.74, 6) is 6.72. The summed E-state index contributed by atoms with van der Waals surface area (Å²) in [7, 11) is -2.23. The van der Waals surface area contributed by atoms with Crippen LogP contribution in [-0.2, 0) is 0 Å². The monoisotopic (exact) mass is 834 g/mol. The fourth-order valence-corrected chi connectivity index (χ4v) is 19.8. The molecule has 0 aliphatic rings. The predicted molar refractivity (Wildman–Crippen MR) is 240 cm³/mol. The van der Waals surface area contributed by atoms with Crippen molar-refractivity contribution >= 4 is 134 Å². The van der Waals surface area contributed by atoms with Crippen molar-refractivity contribution in [2.45, 2.75) is 96.6 Å². The van der Waals surface area contributed by atoms with Gasteiger partial charge >= 0.3 is 0 Å². The first-order chi connectivity index (χ1) is 22.0. The van der Waals surface area contributed by atoms with E-state index in [4.69, 9.17) is 0 Å². The van der Waals surface area contributed by atoms with E-state index in [9.17, 15) is 0 Å². The van der Waals surface area contributed by atoms with E-state index in [1.807, 2.05) is 68.9 Å². The fraction of sp³-hybridized carbons (Fsp3) is 0.529. The van der Waals surface area contributed by atoms with E-state index in [-0.39, 0.29) is 0 Å². The van der Waals surface area contributed by atoms with Gasteiger partial charge < -0.3 is 0 Å². The molecule has 0 spiro atoms. The minimum absolute atomic E-state index is 0.978. The summed E-state index contributed by atoms with van der Waals surface area (Å²) in [6, 6.07) is 12.5. The lowest BCUT2D eigenvalue weighted by Gasteiger charge is -2.15. The van der Waals surface area contributed by atoms with E-state index in [2.05, 4.69) is 123 Å². The first kappa shape index (κ1) is 40.1. The topological polar surface area (TPSA) is 0 Å². The summed E-state index contributed by atoms with van der Waals surface area (Å²) >= 11 is 25.1. The summed E-state index contributed by atoms with van der Waals surface area (Å²) in [5, 5.41) is 4.58. The van der Waals surface area contributed by atoms with Gasteiger partial charge in [-0.05, 0) is 107 Å². The van der Waals surface area contributed by atoms with Crippen LogP contribution in [0.2, 0.25) is 51.4 Å². The van der Waals surface area contributed by atoms with Crippen molar-refractivity contribution in [1.82, 2.24) is 0 Å². The van der Waals surface area contributed by atoms with Crippen LogP contribution in [0.25, 0.3) is 29.3 Å². The van der Waals surface area contributed by atoms with Crippen molar-refractivity contribution in [3.8, 4) is 29.3 Å². The zero-order chi connectivity index (χ0) is 33.2. The lowest BCUT2D eigenvalue weighted by Crippen LogP contribution is -2.19. The minimum Gasteiger partial charge on any atom is -0.179 e. The van der Waals surface area contributed by atoms with Crippen LogP contribution in [-0.4, -0.2) is 50.7 Å². The van der Waals surface area contributed by atoms with E-state index >= 15 is 0 Å². The summed E-state index contributed by atoms with van der Waals surface area (Å²) in [5.41, 5.74) is 0. The first-order valence-electron chi connectivity index (χ1n) is 16.2. The molecule has 4 rings (SSSR count). The SMILES string of the molecule is C[Si](C)(C)CCSc1cc(-c2sccc2SCCCCS)sc1-c1sc(-c2sccc2SCCCCS)cc1SCC[Si](C)(C)C. The normalized spacial score (nSPS) is 12.4. The van der Waals surface area contributed by atoms with Crippen molar-refractivity contribution < 1.29 is 0 Å².